The van der Waals surface area contributed by atoms with Gasteiger partial charge in [-0.15, -0.1) is 0 Å². The first-order valence-corrected chi connectivity index (χ1v) is 12.6. The molecule has 1 fully saturated rings. The highest BCUT2D eigenvalue weighted by Crippen LogP contribution is 2.30. The third-order valence-corrected chi connectivity index (χ3v) is 6.45. The van der Waals surface area contributed by atoms with E-state index in [4.69, 9.17) is 9.47 Å². The minimum absolute atomic E-state index is 0.00934. The van der Waals surface area contributed by atoms with E-state index in [1.807, 2.05) is 18.2 Å². The second kappa shape index (κ2) is 11.4. The predicted molar refractivity (Wildman–Crippen MR) is 128 cm³/mol. The fraction of sp³-hybridized carbons (Fsp3) is 0.320. The lowest BCUT2D eigenvalue weighted by Crippen LogP contribution is -2.71. The van der Waals surface area contributed by atoms with E-state index in [1.54, 1.807) is 56.3 Å². The van der Waals surface area contributed by atoms with E-state index >= 15 is 0 Å². The number of Topliss-reactive ketones (excluding diaryl/α,β-unsaturated/α-hetero) is 1. The molecule has 35 heavy (non-hydrogen) atoms. The number of esters is 1. The molecule has 2 aromatic rings. The van der Waals surface area contributed by atoms with Gasteiger partial charge in [0, 0.05) is 0 Å². The minimum Gasteiger partial charge on any atom is -0.456 e. The van der Waals surface area contributed by atoms with Crippen LogP contribution in [0.4, 0.5) is 0 Å². The molecule has 2 atom stereocenters. The normalized spacial score (nSPS) is 17.5. The topological polar surface area (TPSA) is 119 Å². The first kappa shape index (κ1) is 26.3. The largest absolute Gasteiger partial charge is 0.456 e. The Balaban J connectivity index is 1.78. The van der Waals surface area contributed by atoms with E-state index in [9.17, 15) is 22.8 Å². The molecule has 186 valence electrons. The highest BCUT2D eigenvalue weighted by Gasteiger charge is 2.53. The van der Waals surface area contributed by atoms with Gasteiger partial charge in [-0.25, -0.2) is 13.2 Å². The molecule has 1 N–H and O–H groups in total. The molecule has 0 aliphatic carbocycles. The van der Waals surface area contributed by atoms with Crippen LogP contribution >= 0.6 is 0 Å². The molecule has 1 heterocycles. The van der Waals surface area contributed by atoms with E-state index in [2.05, 4.69) is 4.72 Å². The second-order valence-corrected chi connectivity index (χ2v) is 10.1. The number of ether oxygens (including phenoxy) is 2. The Morgan fingerprint density at radius 1 is 0.943 bits per heavy atom. The van der Waals surface area contributed by atoms with Crippen LogP contribution in [0.3, 0.4) is 0 Å². The van der Waals surface area contributed by atoms with Crippen LogP contribution in [0, 0.1) is 0 Å². The summed E-state index contributed by atoms with van der Waals surface area (Å²) < 4.78 is 38.8. The van der Waals surface area contributed by atoms with Gasteiger partial charge < -0.3 is 9.47 Å². The predicted octanol–water partition coefficient (Wildman–Crippen LogP) is 2.29. The summed E-state index contributed by atoms with van der Waals surface area (Å²) in [6.07, 6.45) is -1.19. The average Bonchev–Trinajstić information content (AvgIpc) is 2.81. The van der Waals surface area contributed by atoms with Crippen LogP contribution in [0.1, 0.15) is 31.9 Å². The summed E-state index contributed by atoms with van der Waals surface area (Å²) in [6.45, 7) is 4.18. The fourth-order valence-corrected chi connectivity index (χ4v) is 4.87. The number of likely N-dealkylation sites (tertiary alicyclic amines) is 1. The van der Waals surface area contributed by atoms with Crippen molar-refractivity contribution in [1.82, 2.24) is 9.62 Å². The van der Waals surface area contributed by atoms with E-state index in [0.29, 0.717) is 11.1 Å². The number of nitrogens with one attached hydrogen (secondary N) is 1. The molecule has 1 saturated heterocycles. The fourth-order valence-electron chi connectivity index (χ4n) is 3.55. The molecular formula is C25H28N2O7S. The number of hydrogen-bond acceptors (Lipinski definition) is 7. The molecule has 0 bridgehead atoms. The number of ketones is 1. The molecule has 9 nitrogen and oxygen atoms in total. The molecular weight excluding hydrogens is 472 g/mol. The van der Waals surface area contributed by atoms with E-state index < -0.39 is 34.2 Å². The number of allylic oxidation sites excluding steroid dienone is 1. The first-order chi connectivity index (χ1) is 16.6. The quantitative estimate of drug-likeness (QED) is 0.286. The van der Waals surface area contributed by atoms with Crippen LogP contribution in [0.25, 0.3) is 0 Å². The summed E-state index contributed by atoms with van der Waals surface area (Å²) in [7, 11) is -3.93. The zero-order chi connectivity index (χ0) is 25.6. The van der Waals surface area contributed by atoms with Gasteiger partial charge in [0.25, 0.3) is 5.91 Å². The number of hydrogen-bond donors (Lipinski definition) is 1. The Labute approximate surface area is 204 Å². The monoisotopic (exact) mass is 500 g/mol. The smallest absolute Gasteiger partial charge is 0.355 e. The Morgan fingerprint density at radius 3 is 2.06 bits per heavy atom. The Morgan fingerprint density at radius 2 is 1.51 bits per heavy atom. The third kappa shape index (κ3) is 6.84. The van der Waals surface area contributed by atoms with Crippen molar-refractivity contribution < 1.29 is 32.3 Å². The van der Waals surface area contributed by atoms with Crippen LogP contribution in [0.15, 0.2) is 71.9 Å². The maximum atomic E-state index is 13.1. The Hall–Kier alpha value is -3.34. The van der Waals surface area contributed by atoms with Crippen molar-refractivity contribution in [2.75, 3.05) is 6.61 Å². The van der Waals surface area contributed by atoms with Gasteiger partial charge in [-0.3, -0.25) is 14.5 Å². The molecule has 10 heteroatoms. The maximum absolute atomic E-state index is 13.1. The van der Waals surface area contributed by atoms with Crippen molar-refractivity contribution in [1.29, 1.82) is 0 Å². The van der Waals surface area contributed by atoms with Crippen molar-refractivity contribution in [2.24, 2.45) is 0 Å². The number of β-lactam (4-membered cyclic amide) rings is 1. The van der Waals surface area contributed by atoms with Gasteiger partial charge in [0.05, 0.1) is 5.75 Å². The minimum atomic E-state index is -3.93. The zero-order valence-electron chi connectivity index (χ0n) is 19.8. The lowest BCUT2D eigenvalue weighted by Gasteiger charge is -2.46. The summed E-state index contributed by atoms with van der Waals surface area (Å²) in [5, 5.41) is 0. The average molecular weight is 501 g/mol. The van der Waals surface area contributed by atoms with E-state index in [0.717, 1.165) is 10.5 Å². The molecule has 2 aromatic carbocycles. The second-order valence-electron chi connectivity index (χ2n) is 8.36. The van der Waals surface area contributed by atoms with Crippen LogP contribution in [0.5, 0.6) is 0 Å². The number of rotatable bonds is 11. The molecule has 3 rings (SSSR count). The van der Waals surface area contributed by atoms with Gasteiger partial charge in [-0.1, -0.05) is 60.7 Å². The lowest BCUT2D eigenvalue weighted by molar-refractivity contribution is -0.180. The van der Waals surface area contributed by atoms with Crippen molar-refractivity contribution in [2.45, 2.75) is 45.4 Å². The number of carbonyl (C=O) groups excluding carboxylic acids is 3. The number of amides is 1. The maximum Gasteiger partial charge on any atom is 0.355 e. The molecule has 2 unspecified atom stereocenters. The molecule has 1 aliphatic heterocycles. The zero-order valence-corrected chi connectivity index (χ0v) is 20.6. The SMILES string of the molecule is CC(=O)COC1C(NS(=O)(=O)Cc2ccccc2)C(=O)N1C(C(=O)OCc1ccccc1)=C(C)C. The molecule has 0 radical (unpaired) electrons. The van der Waals surface area contributed by atoms with Crippen molar-refractivity contribution >= 4 is 27.7 Å². The highest BCUT2D eigenvalue weighted by atomic mass is 32.2. The van der Waals surface area contributed by atoms with Gasteiger partial charge >= 0.3 is 5.97 Å². The van der Waals surface area contributed by atoms with Crippen LogP contribution in [-0.2, 0) is 46.2 Å². The summed E-state index contributed by atoms with van der Waals surface area (Å²) in [5.41, 5.74) is 1.72. The van der Waals surface area contributed by atoms with Crippen LogP contribution < -0.4 is 4.72 Å². The standard InChI is InChI=1S/C25H28N2O7S/c1-17(2)22(25(30)34-15-19-10-6-4-7-11-19)27-23(29)21(24(27)33-14-18(3)28)26-35(31,32)16-20-12-8-5-9-13-20/h4-13,21,24,26H,14-16H2,1-3H3. The lowest BCUT2D eigenvalue weighted by atomic mass is 10.0. The molecule has 0 aromatic heterocycles. The van der Waals surface area contributed by atoms with Gasteiger partial charge in [0.15, 0.2) is 12.0 Å². The van der Waals surface area contributed by atoms with Gasteiger partial charge in [0.2, 0.25) is 10.0 Å². The summed E-state index contributed by atoms with van der Waals surface area (Å²) in [5.74, 6) is -2.10. The third-order valence-electron chi connectivity index (χ3n) is 5.13. The summed E-state index contributed by atoms with van der Waals surface area (Å²) >= 11 is 0. The number of sulfonamides is 1. The Bertz CT molecular complexity index is 1210. The first-order valence-electron chi connectivity index (χ1n) is 11.0. The number of carbonyl (C=O) groups is 3. The number of benzene rings is 2. The van der Waals surface area contributed by atoms with Crippen molar-refractivity contribution in [3.8, 4) is 0 Å². The molecule has 1 aliphatic rings. The molecule has 0 spiro atoms. The summed E-state index contributed by atoms with van der Waals surface area (Å²) in [6, 6.07) is 16.2. The van der Waals surface area contributed by atoms with Crippen molar-refractivity contribution in [3.05, 3.63) is 83.1 Å². The van der Waals surface area contributed by atoms with Gasteiger partial charge in [0.1, 0.15) is 25.0 Å². The highest BCUT2D eigenvalue weighted by molar-refractivity contribution is 7.88. The van der Waals surface area contributed by atoms with Gasteiger partial charge in [-0.2, -0.15) is 4.72 Å². The summed E-state index contributed by atoms with van der Waals surface area (Å²) in [4.78, 5) is 38.6. The van der Waals surface area contributed by atoms with Crippen molar-refractivity contribution in [3.63, 3.8) is 0 Å². The van der Waals surface area contributed by atoms with E-state index in [1.165, 1.54) is 6.92 Å². The molecule has 0 saturated carbocycles. The van der Waals surface area contributed by atoms with Gasteiger partial charge in [-0.05, 0) is 37.5 Å². The van der Waals surface area contributed by atoms with Crippen LogP contribution in [-0.4, -0.2) is 49.9 Å². The van der Waals surface area contributed by atoms with Crippen LogP contribution in [0.2, 0.25) is 0 Å². The number of nitrogens with zero attached hydrogens (tertiary/aromatic N) is 1. The molecule has 1 amide bonds. The Kier molecular flexibility index (Phi) is 8.55. The van der Waals surface area contributed by atoms with E-state index in [-0.39, 0.29) is 30.4 Å².